The minimum Gasteiger partial charge on any atom is -0.396 e. The van der Waals surface area contributed by atoms with Gasteiger partial charge in [-0.05, 0) is 60.9 Å². The van der Waals surface area contributed by atoms with Gasteiger partial charge in [0.15, 0.2) is 0 Å². The number of halogens is 1. The summed E-state index contributed by atoms with van der Waals surface area (Å²) in [6.07, 6.45) is 4.61. The van der Waals surface area contributed by atoms with Crippen LogP contribution in [0.15, 0.2) is 84.9 Å². The van der Waals surface area contributed by atoms with E-state index in [1.165, 1.54) is 23.3 Å². The molecule has 32 heavy (non-hydrogen) atoms. The Morgan fingerprint density at radius 2 is 1.34 bits per heavy atom. The molecule has 3 aromatic rings. The van der Waals surface area contributed by atoms with Crippen molar-refractivity contribution >= 4 is 5.91 Å². The second-order valence-electron chi connectivity index (χ2n) is 8.25. The minimum absolute atomic E-state index is 0.0538. The van der Waals surface area contributed by atoms with Crippen LogP contribution in [0.4, 0.5) is 4.39 Å². The van der Waals surface area contributed by atoms with Crippen LogP contribution >= 0.6 is 0 Å². The number of rotatable bonds is 12. The lowest BCUT2D eigenvalue weighted by Crippen LogP contribution is -2.31. The fourth-order valence-corrected chi connectivity index (χ4v) is 4.39. The number of carbonyl (C=O) groups excluding carboxylic acids is 1. The van der Waals surface area contributed by atoms with Gasteiger partial charge in [0.25, 0.3) is 0 Å². The lowest BCUT2D eigenvalue weighted by Gasteiger charge is -2.36. The van der Waals surface area contributed by atoms with Crippen LogP contribution in [-0.4, -0.2) is 24.2 Å². The normalized spacial score (nSPS) is 11.3. The molecule has 0 aliphatic rings. The molecule has 0 bridgehead atoms. The SMILES string of the molecule is O=C(Cc1ccc(F)cc1)NCCCC(CCCCO)(c1ccccc1)c1ccccc1. The molecule has 1 amide bonds. The number of amides is 1. The van der Waals surface area contributed by atoms with E-state index in [-0.39, 0.29) is 30.2 Å². The van der Waals surface area contributed by atoms with Gasteiger partial charge in [0.1, 0.15) is 5.82 Å². The van der Waals surface area contributed by atoms with Crippen LogP contribution in [0.25, 0.3) is 0 Å². The highest BCUT2D eigenvalue weighted by Crippen LogP contribution is 2.41. The minimum atomic E-state index is -0.298. The Morgan fingerprint density at radius 3 is 1.91 bits per heavy atom. The molecule has 3 aromatic carbocycles. The second kappa shape index (κ2) is 12.2. The maximum atomic E-state index is 13.1. The van der Waals surface area contributed by atoms with E-state index in [2.05, 4.69) is 53.8 Å². The quantitative estimate of drug-likeness (QED) is 0.375. The zero-order valence-electron chi connectivity index (χ0n) is 18.5. The Hall–Kier alpha value is -2.98. The van der Waals surface area contributed by atoms with Crippen molar-refractivity contribution in [3.8, 4) is 0 Å². The molecule has 0 aromatic heterocycles. The van der Waals surface area contributed by atoms with Crippen LogP contribution < -0.4 is 5.32 Å². The lowest BCUT2D eigenvalue weighted by atomic mass is 9.68. The number of hydrogen-bond acceptors (Lipinski definition) is 2. The predicted molar refractivity (Wildman–Crippen MR) is 127 cm³/mol. The maximum absolute atomic E-state index is 13.1. The highest BCUT2D eigenvalue weighted by atomic mass is 19.1. The molecule has 3 nitrogen and oxygen atoms in total. The summed E-state index contributed by atoms with van der Waals surface area (Å²) < 4.78 is 13.1. The molecule has 0 saturated carbocycles. The zero-order valence-corrected chi connectivity index (χ0v) is 18.5. The standard InChI is InChI=1S/C28H32FNO2/c29-26-16-14-23(15-17-26)22-27(32)30-20-9-19-28(18-7-8-21-31,24-10-3-1-4-11-24)25-12-5-2-6-13-25/h1-6,10-17,31H,7-9,18-22H2,(H,30,32). The molecule has 0 fully saturated rings. The van der Waals surface area contributed by atoms with E-state index in [4.69, 9.17) is 0 Å². The van der Waals surface area contributed by atoms with Crippen molar-refractivity contribution in [3.05, 3.63) is 107 Å². The average Bonchev–Trinajstić information content (AvgIpc) is 2.83. The molecule has 0 unspecified atom stereocenters. The smallest absolute Gasteiger partial charge is 0.224 e. The fraction of sp³-hybridized carbons (Fsp3) is 0.321. The first-order valence-electron chi connectivity index (χ1n) is 11.4. The van der Waals surface area contributed by atoms with E-state index in [0.29, 0.717) is 6.54 Å². The topological polar surface area (TPSA) is 49.3 Å². The Labute approximate surface area is 190 Å². The highest BCUT2D eigenvalue weighted by molar-refractivity contribution is 5.78. The summed E-state index contributed by atoms with van der Waals surface area (Å²) >= 11 is 0. The van der Waals surface area contributed by atoms with E-state index < -0.39 is 0 Å². The fourth-order valence-electron chi connectivity index (χ4n) is 4.39. The van der Waals surface area contributed by atoms with Crippen LogP contribution in [0, 0.1) is 5.82 Å². The number of hydrogen-bond donors (Lipinski definition) is 2. The van der Waals surface area contributed by atoms with E-state index in [9.17, 15) is 14.3 Å². The summed E-state index contributed by atoms with van der Waals surface area (Å²) in [6, 6.07) is 27.1. The van der Waals surface area contributed by atoms with Gasteiger partial charge in [-0.1, -0.05) is 72.8 Å². The molecule has 0 aliphatic heterocycles. The zero-order chi connectivity index (χ0) is 22.7. The van der Waals surface area contributed by atoms with Gasteiger partial charge in [-0.15, -0.1) is 0 Å². The third-order valence-electron chi connectivity index (χ3n) is 6.04. The van der Waals surface area contributed by atoms with Gasteiger partial charge in [-0.2, -0.15) is 0 Å². The van der Waals surface area contributed by atoms with E-state index >= 15 is 0 Å². The summed E-state index contributed by atoms with van der Waals surface area (Å²) in [5, 5.41) is 12.4. The first kappa shape index (κ1) is 23.7. The van der Waals surface area contributed by atoms with E-state index in [0.717, 1.165) is 37.7 Å². The van der Waals surface area contributed by atoms with Crippen LogP contribution in [0.5, 0.6) is 0 Å². The number of benzene rings is 3. The second-order valence-corrected chi connectivity index (χ2v) is 8.25. The number of carbonyl (C=O) groups is 1. The van der Waals surface area contributed by atoms with Gasteiger partial charge in [-0.3, -0.25) is 4.79 Å². The Kier molecular flexibility index (Phi) is 9.00. The molecule has 0 radical (unpaired) electrons. The summed E-state index contributed by atoms with van der Waals surface area (Å²) in [5.74, 6) is -0.351. The molecule has 0 spiro atoms. The monoisotopic (exact) mass is 433 g/mol. The first-order chi connectivity index (χ1) is 15.6. The van der Waals surface area contributed by atoms with Gasteiger partial charge < -0.3 is 10.4 Å². The maximum Gasteiger partial charge on any atom is 0.224 e. The molecule has 0 aliphatic carbocycles. The van der Waals surface area contributed by atoms with Gasteiger partial charge in [0.2, 0.25) is 5.91 Å². The third kappa shape index (κ3) is 6.51. The summed E-state index contributed by atoms with van der Waals surface area (Å²) in [7, 11) is 0. The molecule has 168 valence electrons. The molecular formula is C28H32FNO2. The number of aliphatic hydroxyl groups excluding tert-OH is 1. The molecule has 0 heterocycles. The van der Waals surface area contributed by atoms with Crippen molar-refractivity contribution in [1.82, 2.24) is 5.32 Å². The third-order valence-corrected chi connectivity index (χ3v) is 6.04. The summed E-state index contributed by atoms with van der Waals surface area (Å²) in [4.78, 5) is 12.3. The number of unbranched alkanes of at least 4 members (excludes halogenated alkanes) is 1. The molecule has 3 rings (SSSR count). The largest absolute Gasteiger partial charge is 0.396 e. The summed E-state index contributed by atoms with van der Waals surface area (Å²) in [6.45, 7) is 0.778. The highest BCUT2D eigenvalue weighted by Gasteiger charge is 2.33. The van der Waals surface area contributed by atoms with Crippen LogP contribution in [-0.2, 0) is 16.6 Å². The number of aliphatic hydroxyl groups is 1. The molecule has 2 N–H and O–H groups in total. The number of nitrogens with one attached hydrogen (secondary N) is 1. The van der Waals surface area contributed by atoms with Gasteiger partial charge in [0.05, 0.1) is 6.42 Å². The van der Waals surface area contributed by atoms with E-state index in [1.807, 2.05) is 12.1 Å². The summed E-state index contributed by atoms with van der Waals surface area (Å²) in [5.41, 5.74) is 3.17. The van der Waals surface area contributed by atoms with Crippen molar-refractivity contribution in [3.63, 3.8) is 0 Å². The van der Waals surface area contributed by atoms with Crippen LogP contribution in [0.2, 0.25) is 0 Å². The van der Waals surface area contributed by atoms with Crippen LogP contribution in [0.1, 0.15) is 48.8 Å². The van der Waals surface area contributed by atoms with E-state index in [1.54, 1.807) is 12.1 Å². The van der Waals surface area contributed by atoms with Crippen molar-refractivity contribution in [1.29, 1.82) is 0 Å². The van der Waals surface area contributed by atoms with Crippen molar-refractivity contribution in [2.75, 3.05) is 13.2 Å². The Bertz CT molecular complexity index is 903. The predicted octanol–water partition coefficient (Wildman–Crippen LogP) is 5.41. The average molecular weight is 434 g/mol. The lowest BCUT2D eigenvalue weighted by molar-refractivity contribution is -0.120. The Balaban J connectivity index is 1.69. The van der Waals surface area contributed by atoms with Gasteiger partial charge >= 0.3 is 0 Å². The molecule has 0 saturated heterocycles. The van der Waals surface area contributed by atoms with Gasteiger partial charge in [-0.25, -0.2) is 4.39 Å². The first-order valence-corrected chi connectivity index (χ1v) is 11.4. The Morgan fingerprint density at radius 1 is 0.781 bits per heavy atom. The molecule has 4 heteroatoms. The van der Waals surface area contributed by atoms with Gasteiger partial charge in [0, 0.05) is 18.6 Å². The van der Waals surface area contributed by atoms with Crippen LogP contribution in [0.3, 0.4) is 0 Å². The molecule has 0 atom stereocenters. The molecular weight excluding hydrogens is 401 g/mol. The van der Waals surface area contributed by atoms with Crippen molar-refractivity contribution in [2.45, 2.75) is 43.9 Å². The van der Waals surface area contributed by atoms with Crippen molar-refractivity contribution in [2.24, 2.45) is 0 Å². The van der Waals surface area contributed by atoms with Crippen molar-refractivity contribution < 1.29 is 14.3 Å².